The minimum Gasteiger partial charge on any atom is -0.481 e. The molecule has 0 spiro atoms. The molecule has 0 unspecified atom stereocenters. The smallest absolute Gasteiger partial charge is 0.307 e. The molecule has 0 atom stereocenters. The summed E-state index contributed by atoms with van der Waals surface area (Å²) in [5.41, 5.74) is 1.49. The van der Waals surface area contributed by atoms with E-state index >= 15 is 0 Å². The number of carbonyl (C=O) groups is 2. The van der Waals surface area contributed by atoms with Gasteiger partial charge in [-0.05, 0) is 23.8 Å². The van der Waals surface area contributed by atoms with Crippen LogP contribution in [-0.2, 0) is 18.3 Å². The van der Waals surface area contributed by atoms with Crippen LogP contribution < -0.4 is 5.32 Å². The molecule has 1 aromatic heterocycles. The molecule has 1 heterocycles. The fourth-order valence-corrected chi connectivity index (χ4v) is 1.66. The lowest BCUT2D eigenvalue weighted by Crippen LogP contribution is -2.13. The van der Waals surface area contributed by atoms with Gasteiger partial charge >= 0.3 is 5.97 Å². The molecule has 0 saturated carbocycles. The average molecular weight is 259 g/mol. The minimum absolute atomic E-state index is 0.0761. The van der Waals surface area contributed by atoms with Gasteiger partial charge in [0.2, 0.25) is 0 Å². The summed E-state index contributed by atoms with van der Waals surface area (Å²) < 4.78 is 1.54. The number of amides is 1. The zero-order valence-electron chi connectivity index (χ0n) is 10.3. The molecule has 6 nitrogen and oxygen atoms in total. The van der Waals surface area contributed by atoms with Gasteiger partial charge in [0.1, 0.15) is 0 Å². The number of rotatable bonds is 4. The molecule has 0 aliphatic rings. The van der Waals surface area contributed by atoms with Crippen molar-refractivity contribution in [3.05, 3.63) is 47.8 Å². The molecule has 0 bridgehead atoms. The van der Waals surface area contributed by atoms with Crippen LogP contribution in [0.4, 0.5) is 5.69 Å². The van der Waals surface area contributed by atoms with E-state index in [0.717, 1.165) is 0 Å². The molecular weight excluding hydrogens is 246 g/mol. The Morgan fingerprint density at radius 3 is 2.79 bits per heavy atom. The van der Waals surface area contributed by atoms with Gasteiger partial charge in [-0.1, -0.05) is 12.1 Å². The van der Waals surface area contributed by atoms with Crippen molar-refractivity contribution in [3.63, 3.8) is 0 Å². The van der Waals surface area contributed by atoms with Crippen LogP contribution in [-0.4, -0.2) is 26.8 Å². The van der Waals surface area contributed by atoms with E-state index < -0.39 is 5.97 Å². The number of carboxylic acid groups (broad SMARTS) is 1. The van der Waals surface area contributed by atoms with Gasteiger partial charge in [0.05, 0.1) is 6.42 Å². The van der Waals surface area contributed by atoms with Crippen molar-refractivity contribution < 1.29 is 14.7 Å². The molecule has 0 saturated heterocycles. The van der Waals surface area contributed by atoms with Crippen LogP contribution in [0.2, 0.25) is 0 Å². The molecular formula is C13H13N3O3. The van der Waals surface area contributed by atoms with Crippen LogP contribution >= 0.6 is 0 Å². The number of nitrogens with zero attached hydrogens (tertiary/aromatic N) is 2. The number of nitrogens with one attached hydrogen (secondary N) is 1. The first-order valence-electron chi connectivity index (χ1n) is 5.66. The van der Waals surface area contributed by atoms with Gasteiger partial charge in [0.25, 0.3) is 5.91 Å². The molecule has 2 N–H and O–H groups in total. The summed E-state index contributed by atoms with van der Waals surface area (Å²) in [7, 11) is 1.73. The summed E-state index contributed by atoms with van der Waals surface area (Å²) in [5.74, 6) is -1.23. The Morgan fingerprint density at radius 2 is 2.16 bits per heavy atom. The summed E-state index contributed by atoms with van der Waals surface area (Å²) in [5, 5.41) is 15.4. The van der Waals surface area contributed by atoms with Crippen LogP contribution in [0.15, 0.2) is 36.5 Å². The van der Waals surface area contributed by atoms with E-state index in [9.17, 15) is 9.59 Å². The molecule has 19 heavy (non-hydrogen) atoms. The van der Waals surface area contributed by atoms with E-state index in [1.165, 1.54) is 4.68 Å². The van der Waals surface area contributed by atoms with Crippen LogP contribution in [0.3, 0.4) is 0 Å². The number of carboxylic acids is 1. The first-order valence-corrected chi connectivity index (χ1v) is 5.66. The maximum atomic E-state index is 11.9. The van der Waals surface area contributed by atoms with Crippen molar-refractivity contribution >= 4 is 17.6 Å². The SMILES string of the molecule is Cn1ccc(C(=O)Nc2cccc(CC(=O)O)c2)n1. The third-order valence-corrected chi connectivity index (χ3v) is 2.49. The van der Waals surface area contributed by atoms with Crippen molar-refractivity contribution in [2.24, 2.45) is 7.05 Å². The standard InChI is InChI=1S/C13H13N3O3/c1-16-6-5-11(15-16)13(19)14-10-4-2-3-9(7-10)8-12(17)18/h2-7H,8H2,1H3,(H,14,19)(H,17,18). The molecule has 2 aromatic rings. The predicted octanol–water partition coefficient (Wildman–Crippen LogP) is 1.30. The number of aromatic nitrogens is 2. The second-order valence-corrected chi connectivity index (χ2v) is 4.10. The van der Waals surface area contributed by atoms with E-state index in [1.54, 1.807) is 43.6 Å². The highest BCUT2D eigenvalue weighted by Crippen LogP contribution is 2.12. The highest BCUT2D eigenvalue weighted by atomic mass is 16.4. The van der Waals surface area contributed by atoms with Gasteiger partial charge in [-0.2, -0.15) is 5.10 Å². The largest absolute Gasteiger partial charge is 0.481 e. The number of aryl methyl sites for hydroxylation is 1. The summed E-state index contributed by atoms with van der Waals surface area (Å²) in [4.78, 5) is 22.5. The zero-order valence-corrected chi connectivity index (χ0v) is 10.3. The Morgan fingerprint density at radius 1 is 1.37 bits per heavy atom. The van der Waals surface area contributed by atoms with E-state index in [4.69, 9.17) is 5.11 Å². The molecule has 0 fully saturated rings. The molecule has 1 amide bonds. The average Bonchev–Trinajstić information content (AvgIpc) is 2.75. The lowest BCUT2D eigenvalue weighted by molar-refractivity contribution is -0.136. The zero-order chi connectivity index (χ0) is 13.8. The van der Waals surface area contributed by atoms with E-state index in [1.807, 2.05) is 0 Å². The topological polar surface area (TPSA) is 84.2 Å². The van der Waals surface area contributed by atoms with Crippen LogP contribution in [0.25, 0.3) is 0 Å². The van der Waals surface area contributed by atoms with Crippen molar-refractivity contribution in [2.75, 3.05) is 5.32 Å². The summed E-state index contributed by atoms with van der Waals surface area (Å²) in [6.07, 6.45) is 1.60. The van der Waals surface area contributed by atoms with Gasteiger partial charge in [-0.3, -0.25) is 14.3 Å². The minimum atomic E-state index is -0.909. The van der Waals surface area contributed by atoms with Gasteiger partial charge in [0.15, 0.2) is 5.69 Å². The normalized spacial score (nSPS) is 10.2. The van der Waals surface area contributed by atoms with Crippen molar-refractivity contribution in [2.45, 2.75) is 6.42 Å². The van der Waals surface area contributed by atoms with Crippen LogP contribution in [0.5, 0.6) is 0 Å². The number of hydrogen-bond donors (Lipinski definition) is 2. The number of anilines is 1. The fraction of sp³-hybridized carbons (Fsp3) is 0.154. The Kier molecular flexibility index (Phi) is 3.61. The monoisotopic (exact) mass is 259 g/mol. The van der Waals surface area contributed by atoms with Gasteiger partial charge < -0.3 is 10.4 Å². The third kappa shape index (κ3) is 3.41. The Labute approximate surface area is 109 Å². The first-order chi connectivity index (χ1) is 9.04. The first kappa shape index (κ1) is 12.8. The molecule has 0 aliphatic carbocycles. The predicted molar refractivity (Wildman–Crippen MR) is 68.9 cm³/mol. The Hall–Kier alpha value is -2.63. The maximum Gasteiger partial charge on any atom is 0.307 e. The highest BCUT2D eigenvalue weighted by molar-refractivity contribution is 6.02. The second kappa shape index (κ2) is 5.34. The summed E-state index contributed by atoms with van der Waals surface area (Å²) in [6, 6.07) is 8.34. The maximum absolute atomic E-state index is 11.9. The lowest BCUT2D eigenvalue weighted by atomic mass is 10.1. The molecule has 98 valence electrons. The summed E-state index contributed by atoms with van der Waals surface area (Å²) in [6.45, 7) is 0. The molecule has 6 heteroatoms. The van der Waals surface area contributed by atoms with Gasteiger partial charge in [0, 0.05) is 18.9 Å². The van der Waals surface area contributed by atoms with Crippen molar-refractivity contribution in [1.82, 2.24) is 9.78 Å². The van der Waals surface area contributed by atoms with Crippen molar-refractivity contribution in [1.29, 1.82) is 0 Å². The van der Waals surface area contributed by atoms with E-state index in [2.05, 4.69) is 10.4 Å². The van der Waals surface area contributed by atoms with E-state index in [0.29, 0.717) is 16.9 Å². The molecule has 2 rings (SSSR count). The molecule has 0 radical (unpaired) electrons. The van der Waals surface area contributed by atoms with Crippen LogP contribution in [0.1, 0.15) is 16.1 Å². The lowest BCUT2D eigenvalue weighted by Gasteiger charge is -2.05. The van der Waals surface area contributed by atoms with E-state index in [-0.39, 0.29) is 12.3 Å². The number of aliphatic carboxylic acids is 1. The third-order valence-electron chi connectivity index (χ3n) is 2.49. The van der Waals surface area contributed by atoms with Gasteiger partial charge in [-0.25, -0.2) is 0 Å². The fourth-order valence-electron chi connectivity index (χ4n) is 1.66. The van der Waals surface area contributed by atoms with Crippen LogP contribution in [0, 0.1) is 0 Å². The number of hydrogen-bond acceptors (Lipinski definition) is 3. The molecule has 1 aromatic carbocycles. The highest BCUT2D eigenvalue weighted by Gasteiger charge is 2.09. The quantitative estimate of drug-likeness (QED) is 0.866. The molecule has 0 aliphatic heterocycles. The van der Waals surface area contributed by atoms with Crippen molar-refractivity contribution in [3.8, 4) is 0 Å². The summed E-state index contributed by atoms with van der Waals surface area (Å²) >= 11 is 0. The van der Waals surface area contributed by atoms with Gasteiger partial charge in [-0.15, -0.1) is 0 Å². The number of carbonyl (C=O) groups excluding carboxylic acids is 1. The second-order valence-electron chi connectivity index (χ2n) is 4.10. The Bertz CT molecular complexity index is 619. The Balaban J connectivity index is 2.10. The number of benzene rings is 1.